The molecule has 0 aliphatic rings. The van der Waals surface area contributed by atoms with E-state index in [1.54, 1.807) is 30.5 Å². The van der Waals surface area contributed by atoms with Gasteiger partial charge >= 0.3 is 0 Å². The van der Waals surface area contributed by atoms with Crippen molar-refractivity contribution >= 4 is 28.9 Å². The van der Waals surface area contributed by atoms with Crippen LogP contribution in [0.15, 0.2) is 66.9 Å². The van der Waals surface area contributed by atoms with Crippen LogP contribution in [0, 0.1) is 6.92 Å². The molecule has 0 aliphatic carbocycles. The number of benzene rings is 2. The van der Waals surface area contributed by atoms with Crippen molar-refractivity contribution in [3.63, 3.8) is 0 Å². The van der Waals surface area contributed by atoms with Crippen LogP contribution in [-0.4, -0.2) is 16.7 Å². The summed E-state index contributed by atoms with van der Waals surface area (Å²) in [6, 6.07) is 18.7. The number of hydrogen-bond acceptors (Lipinski definition) is 4. The molecule has 0 bridgehead atoms. The fraction of sp³-hybridized carbons (Fsp3) is 0.136. The number of hydrogen-bond donors (Lipinski definition) is 2. The predicted molar refractivity (Wildman–Crippen MR) is 107 cm³/mol. The van der Waals surface area contributed by atoms with Gasteiger partial charge in [0.2, 0.25) is 5.91 Å². The fourth-order valence-electron chi connectivity index (χ4n) is 2.57. The lowest BCUT2D eigenvalue weighted by Gasteiger charge is -2.08. The van der Waals surface area contributed by atoms with Gasteiger partial charge in [-0.2, -0.15) is 0 Å². The number of carbonyl (C=O) groups is 2. The van der Waals surface area contributed by atoms with Gasteiger partial charge in [-0.15, -0.1) is 0 Å². The van der Waals surface area contributed by atoms with Gasteiger partial charge < -0.3 is 10.6 Å². The number of anilines is 3. The highest BCUT2D eigenvalue weighted by Gasteiger charge is 2.05. The Labute approximate surface area is 158 Å². The second kappa shape index (κ2) is 8.27. The van der Waals surface area contributed by atoms with E-state index in [9.17, 15) is 9.59 Å². The van der Waals surface area contributed by atoms with E-state index in [2.05, 4.69) is 15.6 Å². The first-order chi connectivity index (χ1) is 13.0. The number of rotatable bonds is 6. The Balaban J connectivity index is 1.57. The van der Waals surface area contributed by atoms with Crippen LogP contribution in [0.3, 0.4) is 0 Å². The molecule has 2 aromatic carbocycles. The molecule has 27 heavy (non-hydrogen) atoms. The van der Waals surface area contributed by atoms with Crippen LogP contribution in [0.25, 0.3) is 0 Å². The number of ketones is 1. The number of amides is 1. The van der Waals surface area contributed by atoms with Crippen LogP contribution in [0.2, 0.25) is 0 Å². The molecule has 1 heterocycles. The average Bonchev–Trinajstić information content (AvgIpc) is 2.66. The maximum Gasteiger partial charge on any atom is 0.228 e. The summed E-state index contributed by atoms with van der Waals surface area (Å²) in [5.41, 5.74) is 4.29. The van der Waals surface area contributed by atoms with E-state index < -0.39 is 0 Å². The van der Waals surface area contributed by atoms with E-state index in [-0.39, 0.29) is 11.7 Å². The molecular weight excluding hydrogens is 338 g/mol. The predicted octanol–water partition coefficient (Wildman–Crippen LogP) is 4.52. The average molecular weight is 359 g/mol. The van der Waals surface area contributed by atoms with Crippen molar-refractivity contribution in [2.45, 2.75) is 20.3 Å². The first kappa shape index (κ1) is 18.3. The lowest BCUT2D eigenvalue weighted by atomic mass is 10.1. The molecule has 0 unspecified atom stereocenters. The van der Waals surface area contributed by atoms with Crippen LogP contribution in [0.4, 0.5) is 17.2 Å². The molecule has 0 aliphatic heterocycles. The van der Waals surface area contributed by atoms with Crippen LogP contribution < -0.4 is 10.6 Å². The molecule has 1 amide bonds. The smallest absolute Gasteiger partial charge is 0.228 e. The highest BCUT2D eigenvalue weighted by molar-refractivity contribution is 5.94. The molecular formula is C22H21N3O2. The third-order valence-corrected chi connectivity index (χ3v) is 4.10. The second-order valence-electron chi connectivity index (χ2n) is 6.40. The Morgan fingerprint density at radius 3 is 2.15 bits per heavy atom. The number of carbonyl (C=O) groups excluding carboxylic acids is 2. The Hall–Kier alpha value is -3.47. The van der Waals surface area contributed by atoms with Crippen molar-refractivity contribution in [2.24, 2.45) is 0 Å². The molecule has 1 aromatic heterocycles. The quantitative estimate of drug-likeness (QED) is 0.635. The first-order valence-corrected chi connectivity index (χ1v) is 8.69. The Morgan fingerprint density at radius 1 is 0.889 bits per heavy atom. The molecule has 2 N–H and O–H groups in total. The van der Waals surface area contributed by atoms with E-state index in [1.165, 1.54) is 12.5 Å². The third kappa shape index (κ3) is 5.25. The summed E-state index contributed by atoms with van der Waals surface area (Å²) < 4.78 is 0. The number of pyridine rings is 1. The SMILES string of the molecule is CC(=O)c1ccc(Nc2ccc(NC(=O)Cc3ccc(C)cc3)cn2)cc1. The van der Waals surface area contributed by atoms with Crippen molar-refractivity contribution in [3.05, 3.63) is 83.6 Å². The van der Waals surface area contributed by atoms with Gasteiger partial charge in [0.05, 0.1) is 18.3 Å². The molecule has 3 aromatic rings. The van der Waals surface area contributed by atoms with Crippen molar-refractivity contribution in [2.75, 3.05) is 10.6 Å². The third-order valence-electron chi connectivity index (χ3n) is 4.10. The molecule has 0 saturated carbocycles. The normalized spacial score (nSPS) is 10.3. The van der Waals surface area contributed by atoms with Gasteiger partial charge in [-0.3, -0.25) is 9.59 Å². The molecule has 0 radical (unpaired) electrons. The minimum Gasteiger partial charge on any atom is -0.340 e. The zero-order valence-electron chi connectivity index (χ0n) is 15.3. The van der Waals surface area contributed by atoms with E-state index in [0.717, 1.165) is 11.3 Å². The molecule has 0 atom stereocenters. The number of aromatic nitrogens is 1. The Morgan fingerprint density at radius 2 is 1.56 bits per heavy atom. The zero-order chi connectivity index (χ0) is 19.2. The molecule has 0 spiro atoms. The van der Waals surface area contributed by atoms with Crippen molar-refractivity contribution in [1.29, 1.82) is 0 Å². The molecule has 5 heteroatoms. The summed E-state index contributed by atoms with van der Waals surface area (Å²) in [7, 11) is 0. The van der Waals surface area contributed by atoms with Gasteiger partial charge in [-0.25, -0.2) is 4.98 Å². The summed E-state index contributed by atoms with van der Waals surface area (Å²) >= 11 is 0. The van der Waals surface area contributed by atoms with Crippen LogP contribution in [0.5, 0.6) is 0 Å². The summed E-state index contributed by atoms with van der Waals surface area (Å²) in [5, 5.41) is 6.01. The Kier molecular flexibility index (Phi) is 5.61. The minimum atomic E-state index is -0.0822. The van der Waals surface area contributed by atoms with E-state index in [1.807, 2.05) is 43.3 Å². The van der Waals surface area contributed by atoms with Crippen molar-refractivity contribution < 1.29 is 9.59 Å². The van der Waals surface area contributed by atoms with Gasteiger partial charge in [0, 0.05) is 11.3 Å². The van der Waals surface area contributed by atoms with Gasteiger partial charge in [0.15, 0.2) is 5.78 Å². The van der Waals surface area contributed by atoms with Gasteiger partial charge in [0.25, 0.3) is 0 Å². The second-order valence-corrected chi connectivity index (χ2v) is 6.40. The van der Waals surface area contributed by atoms with E-state index >= 15 is 0 Å². The summed E-state index contributed by atoms with van der Waals surface area (Å²) in [5.74, 6) is 0.605. The summed E-state index contributed by atoms with van der Waals surface area (Å²) in [6.07, 6.45) is 1.93. The topological polar surface area (TPSA) is 71.1 Å². The van der Waals surface area contributed by atoms with Gasteiger partial charge in [0.1, 0.15) is 5.82 Å². The lowest BCUT2D eigenvalue weighted by molar-refractivity contribution is -0.115. The lowest BCUT2D eigenvalue weighted by Crippen LogP contribution is -2.14. The first-order valence-electron chi connectivity index (χ1n) is 8.69. The monoisotopic (exact) mass is 359 g/mol. The zero-order valence-corrected chi connectivity index (χ0v) is 15.3. The van der Waals surface area contributed by atoms with Crippen LogP contribution in [-0.2, 0) is 11.2 Å². The highest BCUT2D eigenvalue weighted by atomic mass is 16.1. The number of Topliss-reactive ketones (excluding diaryl/α,β-unsaturated/α-hetero) is 1. The molecule has 3 rings (SSSR count). The van der Waals surface area contributed by atoms with Crippen molar-refractivity contribution in [3.8, 4) is 0 Å². The van der Waals surface area contributed by atoms with E-state index in [0.29, 0.717) is 23.5 Å². The molecule has 0 saturated heterocycles. The Bertz CT molecular complexity index is 931. The highest BCUT2D eigenvalue weighted by Crippen LogP contribution is 2.17. The maximum absolute atomic E-state index is 12.1. The van der Waals surface area contributed by atoms with Crippen LogP contribution in [0.1, 0.15) is 28.4 Å². The number of nitrogens with zero attached hydrogens (tertiary/aromatic N) is 1. The molecule has 136 valence electrons. The van der Waals surface area contributed by atoms with Gasteiger partial charge in [-0.1, -0.05) is 29.8 Å². The molecule has 5 nitrogen and oxygen atoms in total. The van der Waals surface area contributed by atoms with Crippen LogP contribution >= 0.6 is 0 Å². The maximum atomic E-state index is 12.1. The van der Waals surface area contributed by atoms with Gasteiger partial charge in [-0.05, 0) is 55.8 Å². The summed E-state index contributed by atoms with van der Waals surface area (Å²) in [6.45, 7) is 3.55. The largest absolute Gasteiger partial charge is 0.340 e. The number of aryl methyl sites for hydroxylation is 1. The van der Waals surface area contributed by atoms with E-state index in [4.69, 9.17) is 0 Å². The summed E-state index contributed by atoms with van der Waals surface area (Å²) in [4.78, 5) is 27.8. The standard InChI is InChI=1S/C22H21N3O2/c1-15-3-5-17(6-4-15)13-22(27)25-20-11-12-21(23-14-20)24-19-9-7-18(8-10-19)16(2)26/h3-12,14H,13H2,1-2H3,(H,23,24)(H,25,27). The molecule has 0 fully saturated rings. The fourth-order valence-corrected chi connectivity index (χ4v) is 2.57. The number of nitrogens with one attached hydrogen (secondary N) is 2. The minimum absolute atomic E-state index is 0.0328. The van der Waals surface area contributed by atoms with Crippen molar-refractivity contribution in [1.82, 2.24) is 4.98 Å².